The lowest BCUT2D eigenvalue weighted by atomic mass is 10.1. The Bertz CT molecular complexity index is 802. The zero-order valence-electron chi connectivity index (χ0n) is 17.5. The normalized spacial score (nSPS) is 16.3. The molecule has 0 amide bonds. The van der Waals surface area contributed by atoms with E-state index in [2.05, 4.69) is 56.7 Å². The number of benzene rings is 1. The standard InChI is InChI=1S/C22H31N5O2/c1-3-7-26(8-4-2)21-14-22(24-16-23-21)27-11-9-25(10-12-27)15-18-5-6-19-20(13-18)29-17-28-19/h5-6,13-14,16H,3-4,7-12,15,17H2,1-2H3. The molecule has 0 aliphatic carbocycles. The predicted octanol–water partition coefficient (Wildman–Crippen LogP) is 3.15. The van der Waals surface area contributed by atoms with Crippen LogP contribution >= 0.6 is 0 Å². The Kier molecular flexibility index (Phi) is 6.34. The molecule has 2 aliphatic heterocycles. The van der Waals surface area contributed by atoms with Crippen LogP contribution in [-0.4, -0.2) is 60.9 Å². The molecule has 0 spiro atoms. The summed E-state index contributed by atoms with van der Waals surface area (Å²) in [6.07, 6.45) is 3.96. The van der Waals surface area contributed by atoms with E-state index < -0.39 is 0 Å². The lowest BCUT2D eigenvalue weighted by Gasteiger charge is -2.35. The number of fused-ring (bicyclic) bond motifs is 1. The fraction of sp³-hybridized carbons (Fsp3) is 0.545. The van der Waals surface area contributed by atoms with Crippen LogP contribution in [0.4, 0.5) is 11.6 Å². The maximum Gasteiger partial charge on any atom is 0.231 e. The molecule has 1 saturated heterocycles. The van der Waals surface area contributed by atoms with Crippen molar-refractivity contribution < 1.29 is 9.47 Å². The number of nitrogens with zero attached hydrogens (tertiary/aromatic N) is 5. The van der Waals surface area contributed by atoms with Crippen LogP contribution in [0.5, 0.6) is 11.5 Å². The maximum atomic E-state index is 5.50. The van der Waals surface area contributed by atoms with Gasteiger partial charge in [0, 0.05) is 51.9 Å². The SMILES string of the molecule is CCCN(CCC)c1cc(N2CCN(Cc3ccc4c(c3)OCO4)CC2)ncn1. The van der Waals surface area contributed by atoms with E-state index in [0.29, 0.717) is 6.79 Å². The number of anilines is 2. The van der Waals surface area contributed by atoms with Crippen LogP contribution in [0, 0.1) is 0 Å². The molecule has 3 heterocycles. The first-order valence-electron chi connectivity index (χ1n) is 10.7. The van der Waals surface area contributed by atoms with Crippen LogP contribution in [0.25, 0.3) is 0 Å². The van der Waals surface area contributed by atoms with Gasteiger partial charge in [-0.15, -0.1) is 0 Å². The van der Waals surface area contributed by atoms with Gasteiger partial charge in [0.15, 0.2) is 11.5 Å². The van der Waals surface area contributed by atoms with Crippen LogP contribution in [0.15, 0.2) is 30.6 Å². The predicted molar refractivity (Wildman–Crippen MR) is 115 cm³/mol. The molecule has 0 unspecified atom stereocenters. The van der Waals surface area contributed by atoms with E-state index in [-0.39, 0.29) is 0 Å². The summed E-state index contributed by atoms with van der Waals surface area (Å²) in [5.74, 6) is 3.79. The zero-order chi connectivity index (χ0) is 20.1. The Morgan fingerprint density at radius 1 is 0.931 bits per heavy atom. The summed E-state index contributed by atoms with van der Waals surface area (Å²) in [5.41, 5.74) is 1.27. The molecule has 0 radical (unpaired) electrons. The summed E-state index contributed by atoms with van der Waals surface area (Å²) in [6, 6.07) is 8.39. The fourth-order valence-electron chi connectivity index (χ4n) is 4.00. The van der Waals surface area contributed by atoms with Crippen molar-refractivity contribution in [1.82, 2.24) is 14.9 Å². The lowest BCUT2D eigenvalue weighted by Crippen LogP contribution is -2.46. The van der Waals surface area contributed by atoms with Crippen LogP contribution < -0.4 is 19.3 Å². The highest BCUT2D eigenvalue weighted by Crippen LogP contribution is 2.33. The summed E-state index contributed by atoms with van der Waals surface area (Å²) in [5, 5.41) is 0. The van der Waals surface area contributed by atoms with Crippen molar-refractivity contribution in [3.05, 3.63) is 36.2 Å². The first-order chi connectivity index (χ1) is 14.3. The van der Waals surface area contributed by atoms with E-state index in [1.165, 1.54) is 5.56 Å². The van der Waals surface area contributed by atoms with Crippen molar-refractivity contribution in [3.63, 3.8) is 0 Å². The highest BCUT2D eigenvalue weighted by atomic mass is 16.7. The van der Waals surface area contributed by atoms with E-state index in [0.717, 1.165) is 81.8 Å². The third kappa shape index (κ3) is 4.72. The second-order valence-corrected chi connectivity index (χ2v) is 7.67. The van der Waals surface area contributed by atoms with Crippen LogP contribution in [0.1, 0.15) is 32.3 Å². The minimum atomic E-state index is 0.326. The van der Waals surface area contributed by atoms with Gasteiger partial charge in [0.2, 0.25) is 6.79 Å². The molecule has 0 bridgehead atoms. The lowest BCUT2D eigenvalue weighted by molar-refractivity contribution is 0.174. The van der Waals surface area contributed by atoms with Crippen LogP contribution in [-0.2, 0) is 6.54 Å². The smallest absolute Gasteiger partial charge is 0.231 e. The Labute approximate surface area is 173 Å². The molecule has 0 saturated carbocycles. The topological polar surface area (TPSA) is 54.0 Å². The Hall–Kier alpha value is -2.54. The van der Waals surface area contributed by atoms with Crippen molar-refractivity contribution in [2.45, 2.75) is 33.2 Å². The third-order valence-electron chi connectivity index (χ3n) is 5.49. The molecule has 2 aromatic rings. The number of piperazine rings is 1. The van der Waals surface area contributed by atoms with Gasteiger partial charge in [0.25, 0.3) is 0 Å². The van der Waals surface area contributed by atoms with Gasteiger partial charge in [-0.25, -0.2) is 9.97 Å². The average molecular weight is 398 g/mol. The van der Waals surface area contributed by atoms with Gasteiger partial charge in [-0.2, -0.15) is 0 Å². The third-order valence-corrected chi connectivity index (χ3v) is 5.49. The molecule has 4 rings (SSSR count). The number of rotatable bonds is 8. The van der Waals surface area contributed by atoms with Gasteiger partial charge in [-0.1, -0.05) is 19.9 Å². The maximum absolute atomic E-state index is 5.50. The minimum Gasteiger partial charge on any atom is -0.454 e. The second-order valence-electron chi connectivity index (χ2n) is 7.67. The van der Waals surface area contributed by atoms with Gasteiger partial charge in [-0.05, 0) is 30.5 Å². The van der Waals surface area contributed by atoms with Crippen molar-refractivity contribution in [1.29, 1.82) is 0 Å². The van der Waals surface area contributed by atoms with Gasteiger partial charge in [0.1, 0.15) is 18.0 Å². The Morgan fingerprint density at radius 3 is 2.45 bits per heavy atom. The van der Waals surface area contributed by atoms with E-state index in [9.17, 15) is 0 Å². The quantitative estimate of drug-likeness (QED) is 0.678. The average Bonchev–Trinajstić information content (AvgIpc) is 3.22. The molecule has 2 aliphatic rings. The van der Waals surface area contributed by atoms with Crippen molar-refractivity contribution in [3.8, 4) is 11.5 Å². The Balaban J connectivity index is 1.35. The molecule has 1 aromatic carbocycles. The summed E-state index contributed by atoms with van der Waals surface area (Å²) >= 11 is 0. The van der Waals surface area contributed by atoms with E-state index in [1.54, 1.807) is 6.33 Å². The molecular weight excluding hydrogens is 366 g/mol. The zero-order valence-corrected chi connectivity index (χ0v) is 17.5. The summed E-state index contributed by atoms with van der Waals surface area (Å²) < 4.78 is 10.9. The molecule has 29 heavy (non-hydrogen) atoms. The van der Waals surface area contributed by atoms with Gasteiger partial charge in [-0.3, -0.25) is 4.90 Å². The minimum absolute atomic E-state index is 0.326. The number of hydrogen-bond acceptors (Lipinski definition) is 7. The van der Waals surface area contributed by atoms with Gasteiger partial charge < -0.3 is 19.3 Å². The molecule has 156 valence electrons. The highest BCUT2D eigenvalue weighted by Gasteiger charge is 2.20. The molecule has 0 N–H and O–H groups in total. The highest BCUT2D eigenvalue weighted by molar-refractivity contribution is 5.50. The number of ether oxygens (including phenoxy) is 2. The van der Waals surface area contributed by atoms with E-state index in [4.69, 9.17) is 9.47 Å². The van der Waals surface area contributed by atoms with Gasteiger partial charge in [0.05, 0.1) is 0 Å². The molecule has 1 aromatic heterocycles. The fourth-order valence-corrected chi connectivity index (χ4v) is 4.00. The molecule has 0 atom stereocenters. The molecule has 7 nitrogen and oxygen atoms in total. The summed E-state index contributed by atoms with van der Waals surface area (Å²) in [4.78, 5) is 16.3. The monoisotopic (exact) mass is 397 g/mol. The van der Waals surface area contributed by atoms with Crippen LogP contribution in [0.2, 0.25) is 0 Å². The second kappa shape index (κ2) is 9.31. The molecule has 1 fully saturated rings. The Morgan fingerprint density at radius 2 is 1.69 bits per heavy atom. The van der Waals surface area contributed by atoms with E-state index >= 15 is 0 Å². The van der Waals surface area contributed by atoms with Crippen molar-refractivity contribution >= 4 is 11.6 Å². The summed E-state index contributed by atoms with van der Waals surface area (Å²) in [6.45, 7) is 11.7. The first kappa shape index (κ1) is 19.8. The molecular formula is C22H31N5O2. The van der Waals surface area contributed by atoms with Crippen molar-refractivity contribution in [2.24, 2.45) is 0 Å². The van der Waals surface area contributed by atoms with Crippen molar-refractivity contribution in [2.75, 3.05) is 55.9 Å². The molecule has 7 heteroatoms. The summed E-state index contributed by atoms with van der Waals surface area (Å²) in [7, 11) is 0. The number of hydrogen-bond donors (Lipinski definition) is 0. The first-order valence-corrected chi connectivity index (χ1v) is 10.7. The van der Waals surface area contributed by atoms with Gasteiger partial charge >= 0.3 is 0 Å². The van der Waals surface area contributed by atoms with Crippen LogP contribution in [0.3, 0.4) is 0 Å². The largest absolute Gasteiger partial charge is 0.454 e. The van der Waals surface area contributed by atoms with E-state index in [1.807, 2.05) is 6.07 Å². The number of aromatic nitrogens is 2.